The quantitative estimate of drug-likeness (QED) is 0.635. The summed E-state index contributed by atoms with van der Waals surface area (Å²) in [7, 11) is 0. The van der Waals surface area contributed by atoms with E-state index in [1.165, 1.54) is 0 Å². The highest BCUT2D eigenvalue weighted by Crippen LogP contribution is 2.28. The van der Waals surface area contributed by atoms with E-state index in [-0.39, 0.29) is 5.91 Å². The highest BCUT2D eigenvalue weighted by atomic mass is 16.6. The molecule has 2 atom stereocenters. The van der Waals surface area contributed by atoms with E-state index in [9.17, 15) is 4.79 Å². The average molecular weight is 170 g/mol. The fraction of sp³-hybridized carbons (Fsp3) is 0.889. The van der Waals surface area contributed by atoms with E-state index in [1.54, 1.807) is 0 Å². The van der Waals surface area contributed by atoms with Crippen LogP contribution in [0.15, 0.2) is 0 Å². The Labute approximate surface area is 73.9 Å². The number of epoxide rings is 1. The molecule has 2 aliphatic rings. The van der Waals surface area contributed by atoms with Gasteiger partial charge in [-0.15, -0.1) is 0 Å². The lowest BCUT2D eigenvalue weighted by Crippen LogP contribution is -2.30. The van der Waals surface area contributed by atoms with Gasteiger partial charge in [0.2, 0.25) is 0 Å². The maximum atomic E-state index is 11.4. The summed E-state index contributed by atoms with van der Waals surface area (Å²) in [5.41, 5.74) is 0. The minimum atomic E-state index is -0.909. The van der Waals surface area contributed by atoms with Crippen LogP contribution in [0.2, 0.25) is 0 Å². The van der Waals surface area contributed by atoms with Crippen LogP contribution in [0.3, 0.4) is 0 Å². The van der Waals surface area contributed by atoms with Crippen LogP contribution in [0.25, 0.3) is 0 Å². The third kappa shape index (κ3) is 1.78. The van der Waals surface area contributed by atoms with Crippen molar-refractivity contribution in [3.8, 4) is 0 Å². The summed E-state index contributed by atoms with van der Waals surface area (Å²) in [5.74, 6) is -0.0917. The molecule has 12 heavy (non-hydrogen) atoms. The SMILES string of the molecule is [2H]C1(CCC)OC1C(=O)NC1CC1. The summed E-state index contributed by atoms with van der Waals surface area (Å²) in [4.78, 5) is 11.4. The molecule has 1 amide bonds. The number of carbonyl (C=O) groups excluding carboxylic acids is 1. The van der Waals surface area contributed by atoms with Crippen molar-refractivity contribution < 1.29 is 10.9 Å². The van der Waals surface area contributed by atoms with Crippen molar-refractivity contribution >= 4 is 5.91 Å². The zero-order valence-electron chi connectivity index (χ0n) is 8.30. The predicted molar refractivity (Wildman–Crippen MR) is 44.7 cm³/mol. The molecular weight excluding hydrogens is 154 g/mol. The van der Waals surface area contributed by atoms with E-state index in [4.69, 9.17) is 6.11 Å². The van der Waals surface area contributed by atoms with E-state index in [2.05, 4.69) is 5.32 Å². The second-order valence-electron chi connectivity index (χ2n) is 3.50. The molecule has 3 nitrogen and oxygen atoms in total. The summed E-state index contributed by atoms with van der Waals surface area (Å²) in [6.07, 6.45) is 2.28. The van der Waals surface area contributed by atoms with Gasteiger partial charge in [0.1, 0.15) is 0 Å². The summed E-state index contributed by atoms with van der Waals surface area (Å²) in [6, 6.07) is 0.363. The lowest BCUT2D eigenvalue weighted by atomic mass is 10.2. The minimum absolute atomic E-state index is 0.0917. The van der Waals surface area contributed by atoms with Crippen molar-refractivity contribution in [1.82, 2.24) is 5.32 Å². The number of carbonyl (C=O) groups is 1. The first-order valence-electron chi connectivity index (χ1n) is 5.14. The summed E-state index contributed by atoms with van der Waals surface area (Å²) < 4.78 is 12.8. The third-order valence-electron chi connectivity index (χ3n) is 2.16. The first kappa shape index (κ1) is 6.89. The molecule has 0 aromatic rings. The van der Waals surface area contributed by atoms with E-state index >= 15 is 0 Å². The summed E-state index contributed by atoms with van der Waals surface area (Å²) in [5, 5.41) is 2.85. The van der Waals surface area contributed by atoms with Gasteiger partial charge in [-0.3, -0.25) is 4.79 Å². The first-order chi connectivity index (χ1) is 6.15. The van der Waals surface area contributed by atoms with E-state index < -0.39 is 12.2 Å². The standard InChI is InChI=1S/C9H15NO2/c1-2-3-7-8(12-7)9(11)10-6-4-5-6/h6-8H,2-5H2,1H3,(H,10,11)/i7D. The fourth-order valence-electron chi connectivity index (χ4n) is 1.26. The fourth-order valence-corrected chi connectivity index (χ4v) is 1.26. The van der Waals surface area contributed by atoms with E-state index in [0.29, 0.717) is 12.5 Å². The molecule has 2 unspecified atom stereocenters. The average Bonchev–Trinajstić information content (AvgIpc) is 2.90. The molecule has 0 radical (unpaired) electrons. The van der Waals surface area contributed by atoms with Gasteiger partial charge in [-0.2, -0.15) is 0 Å². The molecule has 0 aromatic carbocycles. The Hall–Kier alpha value is -0.570. The number of hydrogen-bond acceptors (Lipinski definition) is 2. The van der Waals surface area contributed by atoms with Gasteiger partial charge in [-0.05, 0) is 19.3 Å². The zero-order chi connectivity index (χ0) is 9.47. The molecule has 1 aliphatic heterocycles. The first-order valence-corrected chi connectivity index (χ1v) is 4.64. The molecule has 0 bridgehead atoms. The van der Waals surface area contributed by atoms with Gasteiger partial charge in [0.05, 0.1) is 7.45 Å². The monoisotopic (exact) mass is 170 g/mol. The highest BCUT2D eigenvalue weighted by molar-refractivity contribution is 5.84. The predicted octanol–water partition coefficient (Wildman–Crippen LogP) is 0.833. The lowest BCUT2D eigenvalue weighted by Gasteiger charge is -1.97. The van der Waals surface area contributed by atoms with Crippen molar-refractivity contribution in [2.45, 2.75) is 50.8 Å². The Bertz CT molecular complexity index is 230. The van der Waals surface area contributed by atoms with Crippen LogP contribution in [0.5, 0.6) is 0 Å². The second kappa shape index (κ2) is 3.05. The molecule has 2 rings (SSSR count). The Morgan fingerprint density at radius 3 is 3.08 bits per heavy atom. The molecule has 1 N–H and O–H groups in total. The molecule has 0 aromatic heterocycles. The van der Waals surface area contributed by atoms with Gasteiger partial charge in [-0.1, -0.05) is 13.3 Å². The van der Waals surface area contributed by atoms with Gasteiger partial charge in [0.25, 0.3) is 5.91 Å². The van der Waals surface area contributed by atoms with Crippen molar-refractivity contribution in [1.29, 1.82) is 0 Å². The molecule has 3 heteroatoms. The number of amides is 1. The number of nitrogens with one attached hydrogen (secondary N) is 1. The van der Waals surface area contributed by atoms with Crippen LogP contribution in [0, 0.1) is 0 Å². The minimum Gasteiger partial charge on any atom is -0.359 e. The molecule has 68 valence electrons. The highest BCUT2D eigenvalue weighted by Gasteiger charge is 2.45. The maximum absolute atomic E-state index is 11.4. The van der Waals surface area contributed by atoms with Crippen LogP contribution < -0.4 is 5.32 Å². The summed E-state index contributed by atoms with van der Waals surface area (Å²) in [6.45, 7) is 1.99. The molecule has 1 aliphatic carbocycles. The summed E-state index contributed by atoms with van der Waals surface area (Å²) >= 11 is 0. The maximum Gasteiger partial charge on any atom is 0.252 e. The normalized spacial score (nSPS) is 40.4. The molecule has 1 saturated carbocycles. The van der Waals surface area contributed by atoms with Crippen molar-refractivity contribution in [3.63, 3.8) is 0 Å². The lowest BCUT2D eigenvalue weighted by molar-refractivity contribution is -0.122. The largest absolute Gasteiger partial charge is 0.359 e. The van der Waals surface area contributed by atoms with E-state index in [0.717, 1.165) is 19.3 Å². The van der Waals surface area contributed by atoms with Crippen LogP contribution >= 0.6 is 0 Å². The van der Waals surface area contributed by atoms with Crippen molar-refractivity contribution in [2.75, 3.05) is 0 Å². The Morgan fingerprint density at radius 2 is 2.50 bits per heavy atom. The Morgan fingerprint density at radius 1 is 1.75 bits per heavy atom. The van der Waals surface area contributed by atoms with Gasteiger partial charge in [-0.25, -0.2) is 0 Å². The van der Waals surface area contributed by atoms with Gasteiger partial charge in [0, 0.05) is 6.04 Å². The van der Waals surface area contributed by atoms with Crippen molar-refractivity contribution in [3.05, 3.63) is 0 Å². The zero-order valence-corrected chi connectivity index (χ0v) is 7.30. The van der Waals surface area contributed by atoms with Gasteiger partial charge < -0.3 is 10.1 Å². The Balaban J connectivity index is 1.79. The Kier molecular flexibility index (Phi) is 1.75. The topological polar surface area (TPSA) is 41.6 Å². The van der Waals surface area contributed by atoms with E-state index in [1.807, 2.05) is 6.92 Å². The molecule has 0 spiro atoms. The number of rotatable bonds is 4. The number of hydrogen-bond donors (Lipinski definition) is 1. The van der Waals surface area contributed by atoms with Gasteiger partial charge in [0.15, 0.2) is 6.10 Å². The third-order valence-corrected chi connectivity index (χ3v) is 2.16. The molecule has 1 heterocycles. The van der Waals surface area contributed by atoms with Crippen LogP contribution in [-0.2, 0) is 9.53 Å². The number of ether oxygens (including phenoxy) is 1. The van der Waals surface area contributed by atoms with Crippen molar-refractivity contribution in [2.24, 2.45) is 0 Å². The smallest absolute Gasteiger partial charge is 0.252 e. The molecule has 2 fully saturated rings. The molecular formula is C9H15NO2. The van der Waals surface area contributed by atoms with Crippen LogP contribution in [-0.4, -0.2) is 24.1 Å². The van der Waals surface area contributed by atoms with Crippen LogP contribution in [0.1, 0.15) is 34.0 Å². The second-order valence-corrected chi connectivity index (χ2v) is 3.50. The van der Waals surface area contributed by atoms with Gasteiger partial charge >= 0.3 is 0 Å². The van der Waals surface area contributed by atoms with Crippen LogP contribution in [0.4, 0.5) is 0 Å². The molecule has 1 saturated heterocycles.